The molecule has 0 spiro atoms. The van der Waals surface area contributed by atoms with Crippen molar-refractivity contribution in [2.45, 2.75) is 25.8 Å². The van der Waals surface area contributed by atoms with Crippen LogP contribution >= 0.6 is 24.8 Å². The predicted octanol–water partition coefficient (Wildman–Crippen LogP) is 2.06. The van der Waals surface area contributed by atoms with Crippen molar-refractivity contribution in [1.82, 2.24) is 15.2 Å². The summed E-state index contributed by atoms with van der Waals surface area (Å²) < 4.78 is 0. The molecule has 0 radical (unpaired) electrons. The second kappa shape index (κ2) is 8.35. The highest BCUT2D eigenvalue weighted by atomic mass is 35.5. The lowest BCUT2D eigenvalue weighted by Crippen LogP contribution is -2.47. The first kappa shape index (κ1) is 18.2. The van der Waals surface area contributed by atoms with Crippen LogP contribution in [0.1, 0.15) is 28.9 Å². The fourth-order valence-electron chi connectivity index (χ4n) is 2.28. The average Bonchev–Trinajstić information content (AvgIpc) is 2.38. The monoisotopic (exact) mass is 305 g/mol. The van der Waals surface area contributed by atoms with Crippen LogP contribution in [-0.4, -0.2) is 42.0 Å². The molecule has 1 saturated heterocycles. The summed E-state index contributed by atoms with van der Waals surface area (Å²) in [4.78, 5) is 18.4. The molecule has 1 N–H and O–H groups in total. The van der Waals surface area contributed by atoms with Crippen molar-refractivity contribution < 1.29 is 4.79 Å². The highest BCUT2D eigenvalue weighted by molar-refractivity contribution is 5.95. The Morgan fingerprint density at radius 1 is 1.47 bits per heavy atom. The van der Waals surface area contributed by atoms with Gasteiger partial charge in [-0.3, -0.25) is 9.78 Å². The number of nitrogens with one attached hydrogen (secondary N) is 1. The van der Waals surface area contributed by atoms with Crippen LogP contribution in [0.3, 0.4) is 0 Å². The molecule has 6 heteroatoms. The van der Waals surface area contributed by atoms with E-state index >= 15 is 0 Å². The number of nitrogens with zero attached hydrogens (tertiary/aromatic N) is 2. The number of piperidine rings is 1. The summed E-state index contributed by atoms with van der Waals surface area (Å²) in [5, 5.41) is 3.25. The molecular weight excluding hydrogens is 285 g/mol. The van der Waals surface area contributed by atoms with E-state index in [0.29, 0.717) is 6.04 Å². The van der Waals surface area contributed by atoms with E-state index in [0.717, 1.165) is 37.2 Å². The topological polar surface area (TPSA) is 45.2 Å². The number of aromatic nitrogens is 1. The zero-order valence-corrected chi connectivity index (χ0v) is 12.9. The summed E-state index contributed by atoms with van der Waals surface area (Å²) in [6.07, 6.45) is 3.93. The Morgan fingerprint density at radius 3 is 2.84 bits per heavy atom. The zero-order chi connectivity index (χ0) is 12.3. The van der Waals surface area contributed by atoms with Crippen LogP contribution in [0.25, 0.3) is 0 Å². The van der Waals surface area contributed by atoms with Gasteiger partial charge in [0.2, 0.25) is 0 Å². The highest BCUT2D eigenvalue weighted by Crippen LogP contribution is 2.14. The standard InChI is InChI=1S/C13H19N3O.2ClH/c1-10-12(6-3-7-15-10)13(17)16-8-4-5-11(9-16)14-2;;/h3,6-7,11,14H,4-5,8-9H2,1-2H3;2*1H. The molecular formula is C13H21Cl2N3O. The van der Waals surface area contributed by atoms with Crippen molar-refractivity contribution in [3.8, 4) is 0 Å². The van der Waals surface area contributed by atoms with E-state index in [9.17, 15) is 4.79 Å². The second-order valence-electron chi connectivity index (χ2n) is 4.52. The molecule has 4 nitrogen and oxygen atoms in total. The number of carbonyl (C=O) groups is 1. The van der Waals surface area contributed by atoms with Gasteiger partial charge in [0.1, 0.15) is 0 Å². The number of pyridine rings is 1. The van der Waals surface area contributed by atoms with E-state index in [4.69, 9.17) is 0 Å². The third kappa shape index (κ3) is 4.34. The largest absolute Gasteiger partial charge is 0.337 e. The molecule has 1 aromatic heterocycles. The lowest BCUT2D eigenvalue weighted by atomic mass is 10.0. The average molecular weight is 306 g/mol. The number of rotatable bonds is 2. The van der Waals surface area contributed by atoms with Gasteiger partial charge in [-0.2, -0.15) is 0 Å². The lowest BCUT2D eigenvalue weighted by molar-refractivity contribution is 0.0697. The van der Waals surface area contributed by atoms with Crippen LogP contribution in [0.5, 0.6) is 0 Å². The van der Waals surface area contributed by atoms with E-state index in [1.807, 2.05) is 31.0 Å². The predicted molar refractivity (Wildman–Crippen MR) is 81.5 cm³/mol. The number of aryl methyl sites for hydroxylation is 1. The Kier molecular flexibility index (Phi) is 7.99. The summed E-state index contributed by atoms with van der Waals surface area (Å²) in [7, 11) is 1.95. The SMILES string of the molecule is CNC1CCCN(C(=O)c2cccnc2C)C1.Cl.Cl. The van der Waals surface area contributed by atoms with Gasteiger partial charge < -0.3 is 10.2 Å². The minimum absolute atomic E-state index is 0. The molecule has 1 unspecified atom stereocenters. The number of hydrogen-bond acceptors (Lipinski definition) is 3. The number of hydrogen-bond donors (Lipinski definition) is 1. The van der Waals surface area contributed by atoms with E-state index < -0.39 is 0 Å². The van der Waals surface area contributed by atoms with Crippen molar-refractivity contribution in [2.24, 2.45) is 0 Å². The summed E-state index contributed by atoms with van der Waals surface area (Å²) in [6.45, 7) is 3.53. The van der Waals surface area contributed by atoms with E-state index in [1.165, 1.54) is 0 Å². The normalized spacial score (nSPS) is 18.2. The molecule has 0 aromatic carbocycles. The molecule has 19 heavy (non-hydrogen) atoms. The first-order valence-electron chi connectivity index (χ1n) is 6.10. The fourth-order valence-corrected chi connectivity index (χ4v) is 2.28. The molecule has 1 atom stereocenters. The van der Waals surface area contributed by atoms with Crippen LogP contribution < -0.4 is 5.32 Å². The number of carbonyl (C=O) groups excluding carboxylic acids is 1. The van der Waals surface area contributed by atoms with Gasteiger partial charge in [0.15, 0.2) is 0 Å². The van der Waals surface area contributed by atoms with Crippen LogP contribution in [0, 0.1) is 6.92 Å². The Balaban J connectivity index is 0.00000162. The van der Waals surface area contributed by atoms with Crippen LogP contribution in [0.15, 0.2) is 18.3 Å². The smallest absolute Gasteiger partial charge is 0.255 e. The van der Waals surface area contributed by atoms with Crippen LogP contribution in [-0.2, 0) is 0 Å². The van der Waals surface area contributed by atoms with Gasteiger partial charge in [-0.25, -0.2) is 0 Å². The van der Waals surface area contributed by atoms with Crippen molar-refractivity contribution >= 4 is 30.7 Å². The van der Waals surface area contributed by atoms with Crippen molar-refractivity contribution in [3.05, 3.63) is 29.6 Å². The van der Waals surface area contributed by atoms with Gasteiger partial charge in [-0.15, -0.1) is 24.8 Å². The fraction of sp³-hybridized carbons (Fsp3) is 0.538. The summed E-state index contributed by atoms with van der Waals surface area (Å²) in [5.74, 6) is 0.107. The Morgan fingerprint density at radius 2 is 2.21 bits per heavy atom. The third-order valence-corrected chi connectivity index (χ3v) is 3.35. The van der Waals surface area contributed by atoms with Crippen molar-refractivity contribution in [1.29, 1.82) is 0 Å². The maximum atomic E-state index is 12.3. The lowest BCUT2D eigenvalue weighted by Gasteiger charge is -2.32. The maximum absolute atomic E-state index is 12.3. The first-order valence-corrected chi connectivity index (χ1v) is 6.10. The molecule has 1 aliphatic rings. The van der Waals surface area contributed by atoms with Gasteiger partial charge in [0.25, 0.3) is 5.91 Å². The number of likely N-dealkylation sites (N-methyl/N-ethyl adjacent to an activating group) is 1. The van der Waals surface area contributed by atoms with Crippen LogP contribution in [0.2, 0.25) is 0 Å². The molecule has 0 aliphatic carbocycles. The summed E-state index contributed by atoms with van der Waals surface area (Å²) in [5.41, 5.74) is 1.54. The molecule has 108 valence electrons. The van der Waals surface area contributed by atoms with Crippen molar-refractivity contribution in [3.63, 3.8) is 0 Å². The number of likely N-dealkylation sites (tertiary alicyclic amines) is 1. The van der Waals surface area contributed by atoms with E-state index in [-0.39, 0.29) is 30.7 Å². The molecule has 0 bridgehead atoms. The zero-order valence-electron chi connectivity index (χ0n) is 11.3. The number of halogens is 2. The summed E-state index contributed by atoms with van der Waals surface area (Å²) in [6, 6.07) is 4.09. The van der Waals surface area contributed by atoms with Crippen molar-refractivity contribution in [2.75, 3.05) is 20.1 Å². The molecule has 1 aliphatic heterocycles. The van der Waals surface area contributed by atoms with Gasteiger partial charge in [0.05, 0.1) is 5.56 Å². The Bertz CT molecular complexity index is 415. The van der Waals surface area contributed by atoms with Gasteiger partial charge in [0, 0.05) is 31.0 Å². The third-order valence-electron chi connectivity index (χ3n) is 3.35. The van der Waals surface area contributed by atoms with Gasteiger partial charge >= 0.3 is 0 Å². The maximum Gasteiger partial charge on any atom is 0.255 e. The van der Waals surface area contributed by atoms with E-state index in [2.05, 4.69) is 10.3 Å². The quantitative estimate of drug-likeness (QED) is 0.909. The second-order valence-corrected chi connectivity index (χ2v) is 4.52. The Labute approximate surface area is 126 Å². The van der Waals surface area contributed by atoms with E-state index in [1.54, 1.807) is 6.20 Å². The van der Waals surface area contributed by atoms with Crippen LogP contribution in [0.4, 0.5) is 0 Å². The molecule has 2 heterocycles. The number of amides is 1. The molecule has 1 amide bonds. The highest BCUT2D eigenvalue weighted by Gasteiger charge is 2.24. The Hall–Kier alpha value is -0.840. The first-order chi connectivity index (χ1) is 8.22. The minimum atomic E-state index is 0. The molecule has 1 fully saturated rings. The molecule has 2 rings (SSSR count). The molecule has 1 aromatic rings. The summed E-state index contributed by atoms with van der Waals surface area (Å²) >= 11 is 0. The minimum Gasteiger partial charge on any atom is -0.337 e. The van der Waals surface area contributed by atoms with Gasteiger partial charge in [-0.1, -0.05) is 0 Å². The van der Waals surface area contributed by atoms with Gasteiger partial charge in [-0.05, 0) is 38.9 Å². The molecule has 0 saturated carbocycles.